The molecule has 5 rings (SSSR count). The number of carbonyl (C=O) groups is 1. The molecule has 1 N–H and O–H groups in total. The number of hydrogen-bond donors (Lipinski definition) is 1. The summed E-state index contributed by atoms with van der Waals surface area (Å²) in [6.07, 6.45) is 7.86. The fourth-order valence-corrected chi connectivity index (χ4v) is 7.44. The number of aliphatic hydroxyl groups is 1. The smallest absolute Gasteiger partial charge is 0.156 e. The van der Waals surface area contributed by atoms with E-state index in [9.17, 15) is 15.1 Å². The highest BCUT2D eigenvalue weighted by molar-refractivity contribution is 5.93. The molecule has 0 bridgehead atoms. The van der Waals surface area contributed by atoms with Crippen molar-refractivity contribution in [1.82, 2.24) is 4.65 Å². The highest BCUT2D eigenvalue weighted by Crippen LogP contribution is 2.66. The highest BCUT2D eigenvalue weighted by Gasteiger charge is 2.62. The second-order valence-corrected chi connectivity index (χ2v) is 11.2. The van der Waals surface area contributed by atoms with Gasteiger partial charge in [0, 0.05) is 17.8 Å². The molecule has 1 aromatic carbocycles. The molecule has 0 radical (unpaired) electrons. The van der Waals surface area contributed by atoms with E-state index in [0.717, 1.165) is 44.2 Å². The number of nitrogens with zero attached hydrogens (tertiary/aromatic N) is 1. The van der Waals surface area contributed by atoms with E-state index in [1.54, 1.807) is 14.1 Å². The first kappa shape index (κ1) is 22.6. The number of benzene rings is 1. The summed E-state index contributed by atoms with van der Waals surface area (Å²) in [5.41, 5.74) is 4.83. The van der Waals surface area contributed by atoms with E-state index < -0.39 is 10.2 Å². The van der Waals surface area contributed by atoms with Gasteiger partial charge in [-0.3, -0.25) is 4.79 Å². The summed E-state index contributed by atoms with van der Waals surface area (Å²) in [4.78, 5) is 12.2. The molecule has 0 unspecified atom stereocenters. The molecule has 0 heterocycles. The average Bonchev–Trinajstić information content (AvgIpc) is 3.03. The molecule has 2 saturated carbocycles. The first-order valence-electron chi connectivity index (χ1n) is 12.4. The summed E-state index contributed by atoms with van der Waals surface area (Å²) in [5, 5.41) is 24.2. The van der Waals surface area contributed by atoms with E-state index in [4.69, 9.17) is 0 Å². The molecule has 4 nitrogen and oxygen atoms in total. The van der Waals surface area contributed by atoms with Crippen molar-refractivity contribution >= 4 is 11.5 Å². The van der Waals surface area contributed by atoms with Gasteiger partial charge < -0.3 is 15.0 Å². The lowest BCUT2D eigenvalue weighted by molar-refractivity contribution is -0.114. The summed E-state index contributed by atoms with van der Waals surface area (Å²) < 4.78 is -0.456. The lowest BCUT2D eigenvalue weighted by atomic mass is 9.51. The molecule has 4 aliphatic carbocycles. The van der Waals surface area contributed by atoms with Crippen LogP contribution in [0.4, 0.5) is 5.69 Å². The zero-order valence-corrected chi connectivity index (χ0v) is 20.3. The Hall–Kier alpha value is -2.19. The maximum absolute atomic E-state index is 12.4. The monoisotopic (exact) mass is 445 g/mol. The first-order valence-corrected chi connectivity index (χ1v) is 12.4. The van der Waals surface area contributed by atoms with Gasteiger partial charge in [0.05, 0.1) is 14.1 Å². The molecule has 0 amide bonds. The van der Waals surface area contributed by atoms with Crippen LogP contribution in [0.2, 0.25) is 0 Å². The average molecular weight is 446 g/mol. The topological polar surface area (TPSA) is 60.4 Å². The Kier molecular flexibility index (Phi) is 5.25. The molecular weight excluding hydrogens is 410 g/mol. The van der Waals surface area contributed by atoms with E-state index in [0.29, 0.717) is 18.3 Å². The number of quaternary nitrogens is 1. The molecule has 0 aromatic heterocycles. The van der Waals surface area contributed by atoms with Crippen molar-refractivity contribution in [3.8, 4) is 11.8 Å². The number of hydroxylamine groups is 2. The zero-order valence-electron chi connectivity index (χ0n) is 20.3. The zero-order chi connectivity index (χ0) is 23.6. The van der Waals surface area contributed by atoms with Gasteiger partial charge in [-0.25, -0.2) is 0 Å². The molecule has 33 heavy (non-hydrogen) atoms. The fourth-order valence-electron chi connectivity index (χ4n) is 7.44. The van der Waals surface area contributed by atoms with Crippen LogP contribution in [0.3, 0.4) is 0 Å². The predicted molar refractivity (Wildman–Crippen MR) is 132 cm³/mol. The Bertz CT molecular complexity index is 1110. The molecule has 1 aromatic rings. The molecule has 2 fully saturated rings. The van der Waals surface area contributed by atoms with Gasteiger partial charge >= 0.3 is 0 Å². The quantitative estimate of drug-likeness (QED) is 0.376. The molecular formula is C29H35NO3. The van der Waals surface area contributed by atoms with Gasteiger partial charge in [-0.1, -0.05) is 30.6 Å². The summed E-state index contributed by atoms with van der Waals surface area (Å²) >= 11 is 0. The number of hydrogen-bond acceptors (Lipinski definition) is 3. The summed E-state index contributed by atoms with van der Waals surface area (Å²) in [5.74, 6) is 7.45. The Labute approximate surface area is 197 Å². The van der Waals surface area contributed by atoms with E-state index in [1.807, 2.05) is 25.1 Å². The number of carbonyl (C=O) groups excluding carboxylic acids is 1. The van der Waals surface area contributed by atoms with E-state index in [1.165, 1.54) is 22.3 Å². The van der Waals surface area contributed by atoms with Crippen LogP contribution in [0, 0.1) is 34.3 Å². The summed E-state index contributed by atoms with van der Waals surface area (Å²) in [6, 6.07) is 8.12. The van der Waals surface area contributed by atoms with Crippen LogP contribution in [0.1, 0.15) is 70.3 Å². The molecule has 4 aliphatic rings. The van der Waals surface area contributed by atoms with Crippen LogP contribution in [0.15, 0.2) is 47.1 Å². The highest BCUT2D eigenvalue weighted by atomic mass is 16.5. The number of allylic oxidation sites excluding steroid dienone is 4. The molecule has 0 aliphatic heterocycles. The molecule has 0 spiro atoms. The van der Waals surface area contributed by atoms with Gasteiger partial charge in [0.25, 0.3) is 0 Å². The van der Waals surface area contributed by atoms with E-state index in [2.05, 4.69) is 30.9 Å². The molecule has 0 saturated heterocycles. The Morgan fingerprint density at radius 2 is 1.85 bits per heavy atom. The van der Waals surface area contributed by atoms with Gasteiger partial charge in [-0.15, -0.1) is 5.92 Å². The molecule has 5 atom stereocenters. The van der Waals surface area contributed by atoms with Crippen molar-refractivity contribution in [2.75, 3.05) is 14.1 Å². The van der Waals surface area contributed by atoms with Gasteiger partial charge in [0.2, 0.25) is 0 Å². The minimum absolute atomic E-state index is 0.169. The number of ketones is 1. The third-order valence-corrected chi connectivity index (χ3v) is 9.14. The van der Waals surface area contributed by atoms with Crippen molar-refractivity contribution in [2.45, 2.75) is 70.3 Å². The minimum atomic E-state index is -0.965. The number of rotatable bonds is 2. The van der Waals surface area contributed by atoms with Gasteiger partial charge in [0.1, 0.15) is 11.3 Å². The van der Waals surface area contributed by atoms with Gasteiger partial charge in [-0.05, 0) is 92.2 Å². The first-order chi connectivity index (χ1) is 15.6. The van der Waals surface area contributed by atoms with Crippen LogP contribution < -0.4 is 4.65 Å². The van der Waals surface area contributed by atoms with Crippen molar-refractivity contribution in [1.29, 1.82) is 0 Å². The van der Waals surface area contributed by atoms with Crippen LogP contribution in [-0.4, -0.2) is 30.6 Å². The van der Waals surface area contributed by atoms with Crippen molar-refractivity contribution in [2.24, 2.45) is 17.3 Å². The van der Waals surface area contributed by atoms with Crippen molar-refractivity contribution in [3.63, 3.8) is 0 Å². The van der Waals surface area contributed by atoms with E-state index >= 15 is 0 Å². The van der Waals surface area contributed by atoms with Gasteiger partial charge in [-0.2, -0.15) is 0 Å². The van der Waals surface area contributed by atoms with Crippen LogP contribution in [0.5, 0.6) is 0 Å². The van der Waals surface area contributed by atoms with E-state index in [-0.39, 0.29) is 17.1 Å². The standard InChI is InChI=1S/C29H35NO3/c1-5-15-29(32)16-14-26-24-12-8-20-17-22(31)11-13-23(20)27(24)25(18-28(26,29)2)19-6-9-21(10-7-19)30(3,4)33/h6-7,9-10,17,24-26,32H,8,11-14,16,18H2,1-4H3/t24-,25+,26-,28-,29-/m0/s1. The maximum atomic E-state index is 12.4. The van der Waals surface area contributed by atoms with Crippen LogP contribution >= 0.6 is 0 Å². The van der Waals surface area contributed by atoms with Crippen molar-refractivity contribution < 1.29 is 9.90 Å². The predicted octanol–water partition coefficient (Wildman–Crippen LogP) is 5.41. The maximum Gasteiger partial charge on any atom is 0.156 e. The molecule has 174 valence electrons. The fraction of sp³-hybridized carbons (Fsp3) is 0.552. The van der Waals surface area contributed by atoms with Gasteiger partial charge in [0.15, 0.2) is 5.78 Å². The third kappa shape index (κ3) is 3.44. The second-order valence-electron chi connectivity index (χ2n) is 11.2. The lowest BCUT2D eigenvalue weighted by Crippen LogP contribution is -2.51. The second kappa shape index (κ2) is 7.67. The third-order valence-electron chi connectivity index (χ3n) is 9.14. The summed E-state index contributed by atoms with van der Waals surface area (Å²) in [7, 11) is 3.28. The summed E-state index contributed by atoms with van der Waals surface area (Å²) in [6.45, 7) is 4.08. The normalized spacial score (nSPS) is 35.8. The van der Waals surface area contributed by atoms with Crippen LogP contribution in [-0.2, 0) is 4.79 Å². The Morgan fingerprint density at radius 3 is 2.52 bits per heavy atom. The lowest BCUT2D eigenvalue weighted by Gasteiger charge is -2.53. The number of fused-ring (bicyclic) bond motifs is 4. The Morgan fingerprint density at radius 1 is 1.12 bits per heavy atom. The van der Waals surface area contributed by atoms with Crippen LogP contribution in [0.25, 0.3) is 0 Å². The SMILES string of the molecule is CC#C[C@]1(O)CC[C@H]2[C@@H]3CCC4=CC(=O)CCC4=C3[C@@H](c3ccc([N+](C)(C)[O-])cc3)C[C@@]21C. The molecule has 4 heteroatoms. The Balaban J connectivity index is 1.67. The van der Waals surface area contributed by atoms with Crippen molar-refractivity contribution in [3.05, 3.63) is 57.8 Å². The largest absolute Gasteiger partial charge is 0.628 e. The minimum Gasteiger partial charge on any atom is -0.628 e.